The second-order valence-electron chi connectivity index (χ2n) is 4.44. The van der Waals surface area contributed by atoms with Crippen molar-refractivity contribution in [3.05, 3.63) is 52.7 Å². The molecule has 3 rings (SSSR count). The van der Waals surface area contributed by atoms with E-state index in [1.165, 1.54) is 10.7 Å². The molecule has 0 unspecified atom stereocenters. The smallest absolute Gasteiger partial charge is 0.313 e. The van der Waals surface area contributed by atoms with Crippen molar-refractivity contribution < 1.29 is 4.92 Å². The van der Waals surface area contributed by atoms with Crippen molar-refractivity contribution >= 4 is 22.4 Å². The van der Waals surface area contributed by atoms with Crippen LogP contribution >= 0.6 is 0 Å². The van der Waals surface area contributed by atoms with Crippen LogP contribution in [0.5, 0.6) is 0 Å². The van der Waals surface area contributed by atoms with E-state index in [4.69, 9.17) is 0 Å². The van der Waals surface area contributed by atoms with E-state index < -0.39 is 4.92 Å². The zero-order chi connectivity index (χ0) is 14.8. The predicted molar refractivity (Wildman–Crippen MR) is 79.7 cm³/mol. The summed E-state index contributed by atoms with van der Waals surface area (Å²) in [4.78, 5) is 15.1. The molecule has 1 N–H and O–H groups in total. The topological polar surface area (TPSA) is 85.9 Å². The van der Waals surface area contributed by atoms with Crippen LogP contribution in [-0.4, -0.2) is 26.2 Å². The number of pyridine rings is 1. The normalized spacial score (nSPS) is 10.7. The van der Waals surface area contributed by atoms with Gasteiger partial charge in [0.2, 0.25) is 5.82 Å². The van der Waals surface area contributed by atoms with Gasteiger partial charge in [0, 0.05) is 18.0 Å². The molecule has 3 aromatic rings. The minimum absolute atomic E-state index is 0.0782. The highest BCUT2D eigenvalue weighted by atomic mass is 16.6. The molecule has 0 fully saturated rings. The lowest BCUT2D eigenvalue weighted by Crippen LogP contribution is -2.07. The zero-order valence-electron chi connectivity index (χ0n) is 11.4. The number of hydrogen-bond donors (Lipinski definition) is 1. The average molecular weight is 283 g/mol. The Morgan fingerprint density at radius 2 is 2.10 bits per heavy atom. The molecule has 7 heteroatoms. The molecule has 0 atom stereocenters. The van der Waals surface area contributed by atoms with Crippen LogP contribution in [0.25, 0.3) is 16.7 Å². The van der Waals surface area contributed by atoms with Crippen molar-refractivity contribution in [2.45, 2.75) is 6.92 Å². The SMILES string of the molecule is CCNc1ccc([N+](=O)[O-])c(-n2ncc3ccccc32)n1. The summed E-state index contributed by atoms with van der Waals surface area (Å²) >= 11 is 0. The first-order valence-corrected chi connectivity index (χ1v) is 6.53. The van der Waals surface area contributed by atoms with Crippen LogP contribution in [0.3, 0.4) is 0 Å². The molecule has 0 saturated carbocycles. The van der Waals surface area contributed by atoms with Crippen molar-refractivity contribution in [1.82, 2.24) is 14.8 Å². The Labute approximate surface area is 120 Å². The Hall–Kier alpha value is -2.96. The summed E-state index contributed by atoms with van der Waals surface area (Å²) in [5, 5.41) is 19.4. The molecular weight excluding hydrogens is 270 g/mol. The Bertz CT molecular complexity index is 812. The van der Waals surface area contributed by atoms with Crippen LogP contribution in [-0.2, 0) is 0 Å². The molecule has 0 radical (unpaired) electrons. The molecule has 0 saturated heterocycles. The van der Waals surface area contributed by atoms with Crippen LogP contribution < -0.4 is 5.32 Å². The van der Waals surface area contributed by atoms with E-state index in [1.807, 2.05) is 31.2 Å². The Kier molecular flexibility index (Phi) is 3.23. The number of nitro groups is 1. The van der Waals surface area contributed by atoms with Crippen molar-refractivity contribution in [2.75, 3.05) is 11.9 Å². The highest BCUT2D eigenvalue weighted by Gasteiger charge is 2.20. The summed E-state index contributed by atoms with van der Waals surface area (Å²) in [6.45, 7) is 2.62. The Balaban J connectivity index is 2.23. The largest absolute Gasteiger partial charge is 0.370 e. The molecule has 0 spiro atoms. The number of nitrogens with one attached hydrogen (secondary N) is 1. The molecule has 1 aromatic carbocycles. The van der Waals surface area contributed by atoms with E-state index in [1.54, 1.807) is 12.3 Å². The van der Waals surface area contributed by atoms with Gasteiger partial charge >= 0.3 is 5.69 Å². The van der Waals surface area contributed by atoms with Crippen molar-refractivity contribution in [3.63, 3.8) is 0 Å². The molecular formula is C14H13N5O2. The van der Waals surface area contributed by atoms with Gasteiger partial charge in [-0.1, -0.05) is 18.2 Å². The molecule has 2 heterocycles. The van der Waals surface area contributed by atoms with E-state index in [9.17, 15) is 10.1 Å². The molecule has 0 amide bonds. The third-order valence-electron chi connectivity index (χ3n) is 3.09. The summed E-state index contributed by atoms with van der Waals surface area (Å²) in [6, 6.07) is 10.5. The first kappa shape index (κ1) is 13.0. The summed E-state index contributed by atoms with van der Waals surface area (Å²) in [6.07, 6.45) is 1.67. The van der Waals surface area contributed by atoms with E-state index in [0.29, 0.717) is 12.4 Å². The maximum absolute atomic E-state index is 11.2. The van der Waals surface area contributed by atoms with E-state index in [0.717, 1.165) is 10.9 Å². The first-order valence-electron chi connectivity index (χ1n) is 6.53. The summed E-state index contributed by atoms with van der Waals surface area (Å²) in [5.41, 5.74) is 0.701. The quantitative estimate of drug-likeness (QED) is 0.587. The number of benzene rings is 1. The van der Waals surface area contributed by atoms with Crippen molar-refractivity contribution in [1.29, 1.82) is 0 Å². The summed E-state index contributed by atoms with van der Waals surface area (Å²) in [7, 11) is 0. The molecule has 0 aliphatic rings. The van der Waals surface area contributed by atoms with Gasteiger partial charge < -0.3 is 5.32 Å². The van der Waals surface area contributed by atoms with E-state index in [-0.39, 0.29) is 11.5 Å². The van der Waals surface area contributed by atoms with Gasteiger partial charge in [0.15, 0.2) is 0 Å². The van der Waals surface area contributed by atoms with E-state index in [2.05, 4.69) is 15.4 Å². The third-order valence-corrected chi connectivity index (χ3v) is 3.09. The maximum Gasteiger partial charge on any atom is 0.313 e. The molecule has 7 nitrogen and oxygen atoms in total. The monoisotopic (exact) mass is 283 g/mol. The number of nitrogens with zero attached hydrogens (tertiary/aromatic N) is 4. The highest BCUT2D eigenvalue weighted by Crippen LogP contribution is 2.25. The minimum Gasteiger partial charge on any atom is -0.370 e. The fraction of sp³-hybridized carbons (Fsp3) is 0.143. The lowest BCUT2D eigenvalue weighted by Gasteiger charge is -2.07. The fourth-order valence-corrected chi connectivity index (χ4v) is 2.16. The van der Waals surface area contributed by atoms with Gasteiger partial charge in [0.05, 0.1) is 16.6 Å². The fourth-order valence-electron chi connectivity index (χ4n) is 2.16. The number of hydrogen-bond acceptors (Lipinski definition) is 5. The number of fused-ring (bicyclic) bond motifs is 1. The zero-order valence-corrected chi connectivity index (χ0v) is 11.4. The molecule has 106 valence electrons. The van der Waals surface area contributed by atoms with Crippen LogP contribution in [0.1, 0.15) is 6.92 Å². The van der Waals surface area contributed by atoms with Crippen molar-refractivity contribution in [2.24, 2.45) is 0 Å². The van der Waals surface area contributed by atoms with Crippen molar-refractivity contribution in [3.8, 4) is 5.82 Å². The molecule has 0 bridgehead atoms. The Morgan fingerprint density at radius 1 is 1.29 bits per heavy atom. The second-order valence-corrected chi connectivity index (χ2v) is 4.44. The average Bonchev–Trinajstić information content (AvgIpc) is 2.91. The number of anilines is 1. The second kappa shape index (κ2) is 5.20. The summed E-state index contributed by atoms with van der Waals surface area (Å²) < 4.78 is 1.49. The van der Waals surface area contributed by atoms with Gasteiger partial charge in [-0.3, -0.25) is 10.1 Å². The molecule has 0 aliphatic heterocycles. The molecule has 2 aromatic heterocycles. The number of rotatable bonds is 4. The van der Waals surface area contributed by atoms with Crippen LogP contribution in [0.2, 0.25) is 0 Å². The lowest BCUT2D eigenvalue weighted by molar-refractivity contribution is -0.384. The third kappa shape index (κ3) is 2.29. The maximum atomic E-state index is 11.2. The number of aromatic nitrogens is 3. The summed E-state index contributed by atoms with van der Waals surface area (Å²) in [5.74, 6) is 0.789. The van der Waals surface area contributed by atoms with Crippen LogP contribution in [0.4, 0.5) is 11.5 Å². The van der Waals surface area contributed by atoms with Gasteiger partial charge in [-0.2, -0.15) is 5.10 Å². The highest BCUT2D eigenvalue weighted by molar-refractivity contribution is 5.80. The first-order chi connectivity index (χ1) is 10.2. The standard InChI is InChI=1S/C14H13N5O2/c1-2-15-13-8-7-12(19(20)21)14(17-13)18-11-6-4-3-5-10(11)9-16-18/h3-9H,2H2,1H3,(H,15,17). The lowest BCUT2D eigenvalue weighted by atomic mass is 10.2. The van der Waals surface area contributed by atoms with Crippen LogP contribution in [0, 0.1) is 10.1 Å². The minimum atomic E-state index is -0.450. The molecule has 21 heavy (non-hydrogen) atoms. The van der Waals surface area contributed by atoms with Gasteiger partial charge in [-0.05, 0) is 19.1 Å². The number of para-hydroxylation sites is 1. The Morgan fingerprint density at radius 3 is 2.86 bits per heavy atom. The molecule has 0 aliphatic carbocycles. The predicted octanol–water partition coefficient (Wildman–Crippen LogP) is 2.76. The van der Waals surface area contributed by atoms with E-state index >= 15 is 0 Å². The van der Waals surface area contributed by atoms with Gasteiger partial charge in [0.1, 0.15) is 5.82 Å². The van der Waals surface area contributed by atoms with Gasteiger partial charge in [-0.15, -0.1) is 0 Å². The van der Waals surface area contributed by atoms with Gasteiger partial charge in [-0.25, -0.2) is 9.67 Å². The van der Waals surface area contributed by atoms with Crippen LogP contribution in [0.15, 0.2) is 42.6 Å². The van der Waals surface area contributed by atoms with Gasteiger partial charge in [0.25, 0.3) is 0 Å².